The minimum atomic E-state index is -0.205. The lowest BCUT2D eigenvalue weighted by atomic mass is 10.1. The number of likely N-dealkylation sites (N-methyl/N-ethyl adjacent to an activating group) is 1. The van der Waals surface area contributed by atoms with Gasteiger partial charge in [-0.25, -0.2) is 0 Å². The Morgan fingerprint density at radius 2 is 1.77 bits per heavy atom. The van der Waals surface area contributed by atoms with Gasteiger partial charge in [-0.2, -0.15) is 0 Å². The summed E-state index contributed by atoms with van der Waals surface area (Å²) in [5, 5.41) is 2.88. The maximum Gasteiger partial charge on any atom is 0.243 e. The Hall–Kier alpha value is -2.41. The molecule has 1 heterocycles. The molecule has 1 saturated heterocycles. The van der Waals surface area contributed by atoms with Gasteiger partial charge in [-0.1, -0.05) is 25.1 Å². The van der Waals surface area contributed by atoms with Crippen LogP contribution in [0.4, 0.5) is 5.69 Å². The minimum absolute atomic E-state index is 0.0181. The van der Waals surface area contributed by atoms with Crippen LogP contribution >= 0.6 is 0 Å². The number of carbonyl (C=O) groups excluding carboxylic acids is 3. The number of piperazine rings is 1. The summed E-state index contributed by atoms with van der Waals surface area (Å²) in [6.45, 7) is 6.51. The normalized spacial score (nSPS) is 14.8. The van der Waals surface area contributed by atoms with E-state index < -0.39 is 0 Å². The number of anilines is 1. The van der Waals surface area contributed by atoms with Gasteiger partial charge in [-0.3, -0.25) is 19.3 Å². The molecular formula is C19H28N4O3. The van der Waals surface area contributed by atoms with Crippen molar-refractivity contribution in [2.45, 2.75) is 20.3 Å². The topological polar surface area (TPSA) is 73.0 Å². The fourth-order valence-corrected chi connectivity index (χ4v) is 2.98. The van der Waals surface area contributed by atoms with Crippen molar-refractivity contribution in [3.05, 3.63) is 29.8 Å². The smallest absolute Gasteiger partial charge is 0.243 e. The average Bonchev–Trinajstić information content (AvgIpc) is 2.62. The highest BCUT2D eigenvalue weighted by atomic mass is 16.2. The first kappa shape index (κ1) is 19.9. The molecule has 0 radical (unpaired) electrons. The van der Waals surface area contributed by atoms with Gasteiger partial charge in [0.15, 0.2) is 0 Å². The second kappa shape index (κ2) is 9.33. The van der Waals surface area contributed by atoms with Gasteiger partial charge in [0.25, 0.3) is 0 Å². The third-order valence-electron chi connectivity index (χ3n) is 4.66. The van der Waals surface area contributed by atoms with Crippen molar-refractivity contribution in [2.75, 3.05) is 51.6 Å². The standard InChI is InChI=1S/C19H28N4O3/c1-4-16-7-5-6-8-17(16)20-18(25)13-21(3)19(26)14-22-9-11-23(12-10-22)15(2)24/h5-8H,4,9-14H2,1-3H3,(H,20,25). The Bertz CT molecular complexity index is 654. The molecule has 2 rings (SSSR count). The first-order chi connectivity index (χ1) is 12.4. The van der Waals surface area contributed by atoms with Gasteiger partial charge in [-0.15, -0.1) is 0 Å². The van der Waals surface area contributed by atoms with E-state index in [1.807, 2.05) is 36.1 Å². The lowest BCUT2D eigenvalue weighted by molar-refractivity contribution is -0.135. The number of aryl methyl sites for hydroxylation is 1. The quantitative estimate of drug-likeness (QED) is 0.815. The van der Waals surface area contributed by atoms with E-state index in [0.717, 1.165) is 17.7 Å². The summed E-state index contributed by atoms with van der Waals surface area (Å²) < 4.78 is 0. The highest BCUT2D eigenvalue weighted by Gasteiger charge is 2.22. The monoisotopic (exact) mass is 360 g/mol. The highest BCUT2D eigenvalue weighted by Crippen LogP contribution is 2.15. The van der Waals surface area contributed by atoms with Crippen LogP contribution in [-0.4, -0.2) is 78.7 Å². The number of carbonyl (C=O) groups is 3. The Morgan fingerprint density at radius 3 is 2.38 bits per heavy atom. The number of para-hydroxylation sites is 1. The number of amides is 3. The minimum Gasteiger partial charge on any atom is -0.340 e. The van der Waals surface area contributed by atoms with Gasteiger partial charge in [0, 0.05) is 45.8 Å². The molecule has 1 aromatic carbocycles. The zero-order chi connectivity index (χ0) is 19.1. The molecular weight excluding hydrogens is 332 g/mol. The van der Waals surface area contributed by atoms with Crippen molar-refractivity contribution in [3.8, 4) is 0 Å². The molecule has 1 aliphatic rings. The zero-order valence-corrected chi connectivity index (χ0v) is 15.8. The molecule has 0 bridgehead atoms. The predicted molar refractivity (Wildman–Crippen MR) is 101 cm³/mol. The Kier molecular flexibility index (Phi) is 7.15. The van der Waals surface area contributed by atoms with Gasteiger partial charge >= 0.3 is 0 Å². The number of rotatable bonds is 6. The number of hydrogen-bond acceptors (Lipinski definition) is 4. The summed E-state index contributed by atoms with van der Waals surface area (Å²) >= 11 is 0. The highest BCUT2D eigenvalue weighted by molar-refractivity contribution is 5.95. The average molecular weight is 360 g/mol. The van der Waals surface area contributed by atoms with Crippen LogP contribution < -0.4 is 5.32 Å². The SMILES string of the molecule is CCc1ccccc1NC(=O)CN(C)C(=O)CN1CCN(C(C)=O)CC1. The van der Waals surface area contributed by atoms with Crippen molar-refractivity contribution in [1.29, 1.82) is 0 Å². The van der Waals surface area contributed by atoms with E-state index in [1.165, 1.54) is 4.90 Å². The molecule has 26 heavy (non-hydrogen) atoms. The molecule has 0 spiro atoms. The number of nitrogens with zero attached hydrogens (tertiary/aromatic N) is 3. The van der Waals surface area contributed by atoms with Crippen LogP contribution in [0.3, 0.4) is 0 Å². The van der Waals surface area contributed by atoms with Crippen molar-refractivity contribution in [3.63, 3.8) is 0 Å². The first-order valence-corrected chi connectivity index (χ1v) is 9.00. The second-order valence-corrected chi connectivity index (χ2v) is 6.59. The van der Waals surface area contributed by atoms with E-state index in [4.69, 9.17) is 0 Å². The molecule has 7 nitrogen and oxygen atoms in total. The molecule has 1 aromatic rings. The van der Waals surface area contributed by atoms with Crippen LogP contribution in [0.2, 0.25) is 0 Å². The molecule has 1 fully saturated rings. The molecule has 142 valence electrons. The summed E-state index contributed by atoms with van der Waals surface area (Å²) in [5.41, 5.74) is 1.86. The van der Waals surface area contributed by atoms with Crippen molar-refractivity contribution < 1.29 is 14.4 Å². The molecule has 0 aliphatic carbocycles. The zero-order valence-electron chi connectivity index (χ0n) is 15.8. The largest absolute Gasteiger partial charge is 0.340 e. The number of benzene rings is 1. The lowest BCUT2D eigenvalue weighted by Gasteiger charge is -2.34. The molecule has 1 aliphatic heterocycles. The Morgan fingerprint density at radius 1 is 1.12 bits per heavy atom. The van der Waals surface area contributed by atoms with Gasteiger partial charge in [-0.05, 0) is 18.1 Å². The van der Waals surface area contributed by atoms with Crippen molar-refractivity contribution >= 4 is 23.4 Å². The van der Waals surface area contributed by atoms with Crippen LogP contribution in [0.5, 0.6) is 0 Å². The van der Waals surface area contributed by atoms with Crippen LogP contribution in [0.15, 0.2) is 24.3 Å². The van der Waals surface area contributed by atoms with Crippen LogP contribution in [0, 0.1) is 0 Å². The maximum atomic E-state index is 12.4. The molecule has 1 N–H and O–H groups in total. The van der Waals surface area contributed by atoms with Crippen LogP contribution in [0.25, 0.3) is 0 Å². The molecule has 0 unspecified atom stereocenters. The van der Waals surface area contributed by atoms with E-state index in [9.17, 15) is 14.4 Å². The third-order valence-corrected chi connectivity index (χ3v) is 4.66. The van der Waals surface area contributed by atoms with Crippen molar-refractivity contribution in [2.24, 2.45) is 0 Å². The maximum absolute atomic E-state index is 12.4. The summed E-state index contributed by atoms with van der Waals surface area (Å²) in [7, 11) is 1.64. The van der Waals surface area contributed by atoms with Crippen LogP contribution in [0.1, 0.15) is 19.4 Å². The fraction of sp³-hybridized carbons (Fsp3) is 0.526. The second-order valence-electron chi connectivity index (χ2n) is 6.59. The van der Waals surface area contributed by atoms with Crippen LogP contribution in [-0.2, 0) is 20.8 Å². The first-order valence-electron chi connectivity index (χ1n) is 9.00. The van der Waals surface area contributed by atoms with E-state index in [0.29, 0.717) is 26.2 Å². The van der Waals surface area contributed by atoms with Gasteiger partial charge in [0.2, 0.25) is 17.7 Å². The summed E-state index contributed by atoms with van der Waals surface area (Å²) in [5.74, 6) is -0.236. The van der Waals surface area contributed by atoms with Gasteiger partial charge < -0.3 is 15.1 Å². The van der Waals surface area contributed by atoms with E-state index in [1.54, 1.807) is 18.9 Å². The molecule has 3 amide bonds. The predicted octanol–water partition coefficient (Wildman–Crippen LogP) is 0.810. The molecule has 0 aromatic heterocycles. The molecule has 0 saturated carbocycles. The molecule has 0 atom stereocenters. The Balaban J connectivity index is 1.79. The number of nitrogens with one attached hydrogen (secondary N) is 1. The van der Waals surface area contributed by atoms with E-state index in [-0.39, 0.29) is 30.8 Å². The summed E-state index contributed by atoms with van der Waals surface area (Å²) in [6.07, 6.45) is 0.831. The Labute approximate surface area is 154 Å². The number of hydrogen-bond donors (Lipinski definition) is 1. The van der Waals surface area contributed by atoms with Gasteiger partial charge in [0.1, 0.15) is 0 Å². The van der Waals surface area contributed by atoms with E-state index >= 15 is 0 Å². The fourth-order valence-electron chi connectivity index (χ4n) is 2.98. The van der Waals surface area contributed by atoms with Gasteiger partial charge in [0.05, 0.1) is 13.1 Å². The lowest BCUT2D eigenvalue weighted by Crippen LogP contribution is -2.51. The van der Waals surface area contributed by atoms with E-state index in [2.05, 4.69) is 5.32 Å². The third kappa shape index (κ3) is 5.56. The summed E-state index contributed by atoms with van der Waals surface area (Å²) in [6, 6.07) is 7.67. The molecule has 7 heteroatoms. The van der Waals surface area contributed by atoms with Crippen molar-refractivity contribution in [1.82, 2.24) is 14.7 Å². The summed E-state index contributed by atoms with van der Waals surface area (Å²) in [4.78, 5) is 41.2.